The quantitative estimate of drug-likeness (QED) is 0.722. The normalized spacial score (nSPS) is 14.5. The lowest BCUT2D eigenvalue weighted by Gasteiger charge is -2.31. The Bertz CT molecular complexity index is 316. The average Bonchev–Trinajstić information content (AvgIpc) is 3.14. The van der Waals surface area contributed by atoms with Crippen molar-refractivity contribution in [1.82, 2.24) is 9.80 Å². The fraction of sp³-hybridized carbons (Fsp3) is 0.846. The third-order valence-electron chi connectivity index (χ3n) is 2.96. The molecule has 1 aliphatic rings. The lowest BCUT2D eigenvalue weighted by molar-refractivity contribution is -0.137. The van der Waals surface area contributed by atoms with Gasteiger partial charge in [-0.05, 0) is 18.8 Å². The Morgan fingerprint density at radius 1 is 1.37 bits per heavy atom. The first-order valence-corrected chi connectivity index (χ1v) is 6.72. The van der Waals surface area contributed by atoms with Gasteiger partial charge >= 0.3 is 12.0 Å². The molecule has 0 saturated heterocycles. The molecular weight excluding hydrogens is 248 g/mol. The van der Waals surface area contributed by atoms with Crippen LogP contribution in [0.25, 0.3) is 0 Å². The lowest BCUT2D eigenvalue weighted by atomic mass is 10.2. The number of rotatable bonds is 8. The van der Waals surface area contributed by atoms with Gasteiger partial charge in [-0.15, -0.1) is 0 Å². The average molecular weight is 272 g/mol. The van der Waals surface area contributed by atoms with Crippen LogP contribution in [0.3, 0.4) is 0 Å². The summed E-state index contributed by atoms with van der Waals surface area (Å²) in [5.41, 5.74) is 0. The van der Waals surface area contributed by atoms with E-state index in [0.29, 0.717) is 25.6 Å². The van der Waals surface area contributed by atoms with Crippen molar-refractivity contribution in [1.29, 1.82) is 0 Å². The molecule has 1 aliphatic carbocycles. The summed E-state index contributed by atoms with van der Waals surface area (Å²) in [6, 6.07) is 0.101. The summed E-state index contributed by atoms with van der Waals surface area (Å²) in [4.78, 5) is 26.5. The molecule has 2 amide bonds. The fourth-order valence-corrected chi connectivity index (χ4v) is 1.95. The van der Waals surface area contributed by atoms with Gasteiger partial charge in [-0.3, -0.25) is 4.79 Å². The van der Waals surface area contributed by atoms with Crippen molar-refractivity contribution in [3.8, 4) is 0 Å². The third kappa shape index (κ3) is 5.46. The second-order valence-electron chi connectivity index (χ2n) is 5.37. The van der Waals surface area contributed by atoms with Crippen molar-refractivity contribution < 1.29 is 19.4 Å². The Hall–Kier alpha value is -1.30. The number of carboxylic acids is 1. The first-order chi connectivity index (χ1) is 8.95. The molecule has 1 saturated carbocycles. The van der Waals surface area contributed by atoms with Crippen LogP contribution in [0.2, 0.25) is 0 Å². The molecule has 0 unspecified atom stereocenters. The Morgan fingerprint density at radius 3 is 2.42 bits per heavy atom. The summed E-state index contributed by atoms with van der Waals surface area (Å²) >= 11 is 0. The summed E-state index contributed by atoms with van der Waals surface area (Å²) in [6.07, 6.45) is 2.04. The first-order valence-electron chi connectivity index (χ1n) is 6.72. The minimum absolute atomic E-state index is 0.185. The maximum absolute atomic E-state index is 12.4. The molecular formula is C13H24N2O4. The SMILES string of the molecule is COCCN(CC(=O)O)C(=O)N(CC(C)C)C1CC1. The van der Waals surface area contributed by atoms with Crippen molar-refractivity contribution in [2.75, 3.05) is 33.4 Å². The van der Waals surface area contributed by atoms with E-state index in [-0.39, 0.29) is 18.6 Å². The zero-order chi connectivity index (χ0) is 14.4. The summed E-state index contributed by atoms with van der Waals surface area (Å²) < 4.78 is 4.94. The lowest BCUT2D eigenvalue weighted by Crippen LogP contribution is -2.48. The van der Waals surface area contributed by atoms with Crippen LogP contribution >= 0.6 is 0 Å². The molecule has 6 heteroatoms. The second kappa shape index (κ2) is 7.33. The molecule has 6 nitrogen and oxygen atoms in total. The summed E-state index contributed by atoms with van der Waals surface area (Å²) in [7, 11) is 1.54. The number of amides is 2. The largest absolute Gasteiger partial charge is 0.480 e. The third-order valence-corrected chi connectivity index (χ3v) is 2.96. The maximum Gasteiger partial charge on any atom is 0.323 e. The Balaban J connectivity index is 2.67. The highest BCUT2D eigenvalue weighted by Crippen LogP contribution is 2.28. The molecule has 1 N–H and O–H groups in total. The molecule has 1 fully saturated rings. The minimum Gasteiger partial charge on any atom is -0.480 e. The van der Waals surface area contributed by atoms with Crippen LogP contribution in [-0.2, 0) is 9.53 Å². The number of methoxy groups -OCH3 is 1. The number of nitrogens with zero attached hydrogens (tertiary/aromatic N) is 2. The summed E-state index contributed by atoms with van der Waals surface area (Å²) in [6.45, 7) is 5.16. The zero-order valence-electron chi connectivity index (χ0n) is 12.0. The molecule has 0 radical (unpaired) electrons. The molecule has 0 atom stereocenters. The van der Waals surface area contributed by atoms with Crippen LogP contribution in [-0.4, -0.2) is 66.3 Å². The number of aliphatic carboxylic acids is 1. The number of carboxylic acid groups (broad SMARTS) is 1. The van der Waals surface area contributed by atoms with Gasteiger partial charge in [0, 0.05) is 26.2 Å². The van der Waals surface area contributed by atoms with E-state index in [2.05, 4.69) is 13.8 Å². The predicted octanol–water partition coefficient (Wildman–Crippen LogP) is 1.26. The van der Waals surface area contributed by atoms with Crippen molar-refractivity contribution in [2.24, 2.45) is 5.92 Å². The number of hydrogen-bond acceptors (Lipinski definition) is 3. The molecule has 1 rings (SSSR count). The minimum atomic E-state index is -0.996. The number of ether oxygens (including phenoxy) is 1. The molecule has 110 valence electrons. The Kier molecular flexibility index (Phi) is 6.08. The molecule has 0 aromatic rings. The van der Waals surface area contributed by atoms with E-state index in [1.807, 2.05) is 4.90 Å². The summed E-state index contributed by atoms with van der Waals surface area (Å²) in [5, 5.41) is 8.90. The monoisotopic (exact) mass is 272 g/mol. The van der Waals surface area contributed by atoms with Crippen molar-refractivity contribution >= 4 is 12.0 Å². The van der Waals surface area contributed by atoms with Crippen molar-refractivity contribution in [3.05, 3.63) is 0 Å². The zero-order valence-corrected chi connectivity index (χ0v) is 12.0. The molecule has 19 heavy (non-hydrogen) atoms. The highest BCUT2D eigenvalue weighted by atomic mass is 16.5. The number of carbonyl (C=O) groups is 2. The maximum atomic E-state index is 12.4. The number of urea groups is 1. The van der Waals surface area contributed by atoms with E-state index < -0.39 is 5.97 Å². The highest BCUT2D eigenvalue weighted by molar-refractivity contribution is 5.80. The van der Waals surface area contributed by atoms with Gasteiger partial charge in [0.1, 0.15) is 6.54 Å². The topological polar surface area (TPSA) is 70.1 Å². The van der Waals surface area contributed by atoms with Gasteiger partial charge in [-0.1, -0.05) is 13.8 Å². The standard InChI is InChI=1S/C13H24N2O4/c1-10(2)8-15(11-4-5-11)13(18)14(6-7-19-3)9-12(16)17/h10-11H,4-9H2,1-3H3,(H,16,17). The highest BCUT2D eigenvalue weighted by Gasteiger charge is 2.35. The van der Waals surface area contributed by atoms with E-state index >= 15 is 0 Å². The van der Waals surface area contributed by atoms with Gasteiger partial charge in [0.2, 0.25) is 0 Å². The van der Waals surface area contributed by atoms with Crippen LogP contribution < -0.4 is 0 Å². The Morgan fingerprint density at radius 2 is 2.00 bits per heavy atom. The van der Waals surface area contributed by atoms with Crippen molar-refractivity contribution in [2.45, 2.75) is 32.7 Å². The van der Waals surface area contributed by atoms with Gasteiger partial charge in [0.25, 0.3) is 0 Å². The first kappa shape index (κ1) is 15.8. The van der Waals surface area contributed by atoms with E-state index in [0.717, 1.165) is 12.8 Å². The van der Waals surface area contributed by atoms with E-state index in [4.69, 9.17) is 9.84 Å². The van der Waals surface area contributed by atoms with Gasteiger partial charge in [-0.2, -0.15) is 0 Å². The van der Waals surface area contributed by atoms with Crippen molar-refractivity contribution in [3.63, 3.8) is 0 Å². The number of carbonyl (C=O) groups excluding carboxylic acids is 1. The number of hydrogen-bond donors (Lipinski definition) is 1. The van der Waals surface area contributed by atoms with E-state index in [1.54, 1.807) is 0 Å². The van der Waals surface area contributed by atoms with Gasteiger partial charge in [0.05, 0.1) is 6.61 Å². The summed E-state index contributed by atoms with van der Waals surface area (Å²) in [5.74, 6) is -0.622. The smallest absolute Gasteiger partial charge is 0.323 e. The van der Waals surface area contributed by atoms with Crippen LogP contribution in [0.1, 0.15) is 26.7 Å². The molecule has 0 aromatic heterocycles. The molecule has 0 bridgehead atoms. The van der Waals surface area contributed by atoms with Gasteiger partial charge < -0.3 is 19.6 Å². The fourth-order valence-electron chi connectivity index (χ4n) is 1.95. The van der Waals surface area contributed by atoms with Gasteiger partial charge in [0.15, 0.2) is 0 Å². The van der Waals surface area contributed by atoms with Crippen LogP contribution in [0, 0.1) is 5.92 Å². The predicted molar refractivity (Wildman–Crippen MR) is 71.0 cm³/mol. The van der Waals surface area contributed by atoms with Gasteiger partial charge in [-0.25, -0.2) is 4.79 Å². The van der Waals surface area contributed by atoms with E-state index in [1.165, 1.54) is 12.0 Å². The molecule has 0 spiro atoms. The second-order valence-corrected chi connectivity index (χ2v) is 5.37. The van der Waals surface area contributed by atoms with Crippen LogP contribution in [0.15, 0.2) is 0 Å². The molecule has 0 heterocycles. The van der Waals surface area contributed by atoms with Crippen LogP contribution in [0.5, 0.6) is 0 Å². The van der Waals surface area contributed by atoms with Crippen LogP contribution in [0.4, 0.5) is 4.79 Å². The molecule has 0 aromatic carbocycles. The Labute approximate surface area is 114 Å². The van der Waals surface area contributed by atoms with E-state index in [9.17, 15) is 9.59 Å². The molecule has 0 aliphatic heterocycles.